The van der Waals surface area contributed by atoms with Gasteiger partial charge in [0.05, 0.1) is 0 Å². The first-order valence-corrected chi connectivity index (χ1v) is 7.04. The van der Waals surface area contributed by atoms with Crippen molar-refractivity contribution in [3.8, 4) is 0 Å². The molecule has 0 bridgehead atoms. The third-order valence-corrected chi connectivity index (χ3v) is 3.87. The van der Waals surface area contributed by atoms with Crippen LogP contribution < -0.4 is 5.32 Å². The van der Waals surface area contributed by atoms with E-state index in [9.17, 15) is 0 Å². The van der Waals surface area contributed by atoms with Crippen molar-refractivity contribution < 1.29 is 4.42 Å². The van der Waals surface area contributed by atoms with E-state index in [1.165, 1.54) is 18.5 Å². The Labute approximate surface area is 111 Å². The molecule has 1 N–H and O–H groups in total. The normalized spacial score (nSPS) is 22.9. The molecule has 3 nitrogen and oxygen atoms in total. The van der Waals surface area contributed by atoms with Crippen LogP contribution >= 0.6 is 0 Å². The second-order valence-corrected chi connectivity index (χ2v) is 5.85. The van der Waals surface area contributed by atoms with Gasteiger partial charge in [-0.25, -0.2) is 0 Å². The Morgan fingerprint density at radius 1 is 1.33 bits per heavy atom. The minimum absolute atomic E-state index is 0.460. The van der Waals surface area contributed by atoms with E-state index in [1.54, 1.807) is 0 Å². The predicted octanol–water partition coefficient (Wildman–Crippen LogP) is 3.03. The maximum absolute atomic E-state index is 5.64. The number of likely N-dealkylation sites (tertiary alicyclic amines) is 1. The minimum atomic E-state index is 0.460. The van der Waals surface area contributed by atoms with E-state index < -0.39 is 0 Å². The van der Waals surface area contributed by atoms with Crippen molar-refractivity contribution in [1.82, 2.24) is 10.2 Å². The van der Waals surface area contributed by atoms with Gasteiger partial charge in [0, 0.05) is 36.8 Å². The van der Waals surface area contributed by atoms with Crippen molar-refractivity contribution in [1.29, 1.82) is 0 Å². The standard InChI is InChI=1S/C15H26N2O/c1-10(2)16-14-6-7-17(9-14)12(4)15-8-11(3)18-13(15)5/h8,10,12,14,16H,6-7,9H2,1-5H3. The number of furan rings is 1. The third-order valence-electron chi connectivity index (χ3n) is 3.87. The zero-order chi connectivity index (χ0) is 13.3. The summed E-state index contributed by atoms with van der Waals surface area (Å²) in [5.74, 6) is 2.09. The van der Waals surface area contributed by atoms with Gasteiger partial charge in [-0.15, -0.1) is 0 Å². The first kappa shape index (κ1) is 13.6. The zero-order valence-corrected chi connectivity index (χ0v) is 12.3. The van der Waals surface area contributed by atoms with Gasteiger partial charge in [-0.1, -0.05) is 13.8 Å². The van der Waals surface area contributed by atoms with Crippen LogP contribution in [0.2, 0.25) is 0 Å². The Morgan fingerprint density at radius 3 is 2.61 bits per heavy atom. The summed E-state index contributed by atoms with van der Waals surface area (Å²) < 4.78 is 5.64. The Hall–Kier alpha value is -0.800. The first-order chi connectivity index (χ1) is 8.47. The van der Waals surface area contributed by atoms with Crippen LogP contribution in [0.4, 0.5) is 0 Å². The van der Waals surface area contributed by atoms with E-state index in [1.807, 2.05) is 6.92 Å². The van der Waals surface area contributed by atoms with Crippen molar-refractivity contribution >= 4 is 0 Å². The number of hydrogen-bond donors (Lipinski definition) is 1. The van der Waals surface area contributed by atoms with Gasteiger partial charge in [-0.05, 0) is 33.3 Å². The van der Waals surface area contributed by atoms with Crippen molar-refractivity contribution in [2.75, 3.05) is 13.1 Å². The SMILES string of the molecule is Cc1cc(C(C)N2CCC(NC(C)C)C2)c(C)o1. The molecule has 1 aliphatic heterocycles. The maximum Gasteiger partial charge on any atom is 0.105 e. The molecule has 0 aliphatic carbocycles. The van der Waals surface area contributed by atoms with Crippen LogP contribution in [0, 0.1) is 13.8 Å². The quantitative estimate of drug-likeness (QED) is 0.890. The summed E-state index contributed by atoms with van der Waals surface area (Å²) in [5, 5.41) is 3.63. The molecular formula is C15H26N2O. The molecule has 0 saturated carbocycles. The second kappa shape index (κ2) is 5.45. The summed E-state index contributed by atoms with van der Waals surface area (Å²) in [6, 6.07) is 3.86. The van der Waals surface area contributed by atoms with Crippen LogP contribution in [0.15, 0.2) is 10.5 Å². The molecule has 1 aliphatic rings. The molecule has 102 valence electrons. The molecule has 0 radical (unpaired) electrons. The Bertz CT molecular complexity index is 397. The van der Waals surface area contributed by atoms with Gasteiger partial charge in [0.2, 0.25) is 0 Å². The van der Waals surface area contributed by atoms with Gasteiger partial charge in [0.15, 0.2) is 0 Å². The fourth-order valence-electron chi connectivity index (χ4n) is 3.01. The van der Waals surface area contributed by atoms with Crippen molar-refractivity contribution in [2.24, 2.45) is 0 Å². The number of hydrogen-bond acceptors (Lipinski definition) is 3. The Kier molecular flexibility index (Phi) is 4.13. The molecule has 2 unspecified atom stereocenters. The summed E-state index contributed by atoms with van der Waals surface area (Å²) in [7, 11) is 0. The topological polar surface area (TPSA) is 28.4 Å². The lowest BCUT2D eigenvalue weighted by Crippen LogP contribution is -2.37. The second-order valence-electron chi connectivity index (χ2n) is 5.85. The lowest BCUT2D eigenvalue weighted by atomic mass is 10.1. The largest absolute Gasteiger partial charge is 0.466 e. The van der Waals surface area contributed by atoms with Crippen LogP contribution in [0.5, 0.6) is 0 Å². The lowest BCUT2D eigenvalue weighted by Gasteiger charge is -2.24. The van der Waals surface area contributed by atoms with Crippen LogP contribution in [0.25, 0.3) is 0 Å². The van der Waals surface area contributed by atoms with Crippen molar-refractivity contribution in [2.45, 2.75) is 59.2 Å². The van der Waals surface area contributed by atoms with E-state index in [-0.39, 0.29) is 0 Å². The molecule has 0 spiro atoms. The highest BCUT2D eigenvalue weighted by Gasteiger charge is 2.28. The van der Waals surface area contributed by atoms with Crippen LogP contribution in [-0.4, -0.2) is 30.1 Å². The van der Waals surface area contributed by atoms with E-state index in [0.717, 1.165) is 18.1 Å². The number of nitrogens with one attached hydrogen (secondary N) is 1. The molecule has 1 fully saturated rings. The monoisotopic (exact) mass is 250 g/mol. The Balaban J connectivity index is 1.99. The summed E-state index contributed by atoms with van der Waals surface area (Å²) in [5.41, 5.74) is 1.35. The molecule has 0 amide bonds. The van der Waals surface area contributed by atoms with Crippen molar-refractivity contribution in [3.63, 3.8) is 0 Å². The highest BCUT2D eigenvalue weighted by atomic mass is 16.3. The molecule has 1 saturated heterocycles. The Morgan fingerprint density at radius 2 is 2.06 bits per heavy atom. The number of aryl methyl sites for hydroxylation is 2. The fraction of sp³-hybridized carbons (Fsp3) is 0.733. The van der Waals surface area contributed by atoms with Gasteiger partial charge in [0.1, 0.15) is 11.5 Å². The maximum atomic E-state index is 5.64. The summed E-state index contributed by atoms with van der Waals surface area (Å²) >= 11 is 0. The molecule has 3 heteroatoms. The van der Waals surface area contributed by atoms with Gasteiger partial charge < -0.3 is 9.73 Å². The highest BCUT2D eigenvalue weighted by Crippen LogP contribution is 2.29. The molecule has 2 atom stereocenters. The van der Waals surface area contributed by atoms with Gasteiger partial charge >= 0.3 is 0 Å². The van der Waals surface area contributed by atoms with E-state index in [0.29, 0.717) is 18.1 Å². The summed E-state index contributed by atoms with van der Waals surface area (Å²) in [6.45, 7) is 13.1. The minimum Gasteiger partial charge on any atom is -0.466 e. The zero-order valence-electron chi connectivity index (χ0n) is 12.3. The van der Waals surface area contributed by atoms with E-state index >= 15 is 0 Å². The summed E-state index contributed by atoms with van der Waals surface area (Å²) in [6.07, 6.45) is 1.25. The summed E-state index contributed by atoms with van der Waals surface area (Å²) in [4.78, 5) is 2.55. The number of rotatable bonds is 4. The predicted molar refractivity (Wildman–Crippen MR) is 74.8 cm³/mol. The average Bonchev–Trinajstić information content (AvgIpc) is 2.84. The van der Waals surface area contributed by atoms with Crippen LogP contribution in [0.3, 0.4) is 0 Å². The van der Waals surface area contributed by atoms with Crippen LogP contribution in [-0.2, 0) is 0 Å². The molecule has 2 heterocycles. The van der Waals surface area contributed by atoms with Crippen molar-refractivity contribution in [3.05, 3.63) is 23.2 Å². The third kappa shape index (κ3) is 2.96. The van der Waals surface area contributed by atoms with E-state index in [4.69, 9.17) is 4.42 Å². The molecule has 0 aromatic carbocycles. The molecule has 1 aromatic rings. The van der Waals surface area contributed by atoms with E-state index in [2.05, 4.69) is 44.0 Å². The van der Waals surface area contributed by atoms with Gasteiger partial charge in [0.25, 0.3) is 0 Å². The van der Waals surface area contributed by atoms with Gasteiger partial charge in [-0.2, -0.15) is 0 Å². The average molecular weight is 250 g/mol. The molecule has 18 heavy (non-hydrogen) atoms. The number of nitrogens with zero attached hydrogens (tertiary/aromatic N) is 1. The van der Waals surface area contributed by atoms with Gasteiger partial charge in [-0.3, -0.25) is 4.90 Å². The first-order valence-electron chi connectivity index (χ1n) is 7.04. The molecule has 2 rings (SSSR count). The molecule has 1 aromatic heterocycles. The fourth-order valence-corrected chi connectivity index (χ4v) is 3.01. The molecular weight excluding hydrogens is 224 g/mol. The smallest absolute Gasteiger partial charge is 0.105 e. The highest BCUT2D eigenvalue weighted by molar-refractivity contribution is 5.23. The lowest BCUT2D eigenvalue weighted by molar-refractivity contribution is 0.252. The van der Waals surface area contributed by atoms with Crippen LogP contribution in [0.1, 0.15) is 50.3 Å².